The quantitative estimate of drug-likeness (QED) is 0.712. The van der Waals surface area contributed by atoms with Gasteiger partial charge in [-0.2, -0.15) is 13.2 Å². The SMILES string of the molecule is COCCN(CC(C)C(=O)OC)C(=O)c1ccc(C(F)(F)F)cc1. The van der Waals surface area contributed by atoms with Gasteiger partial charge in [-0.15, -0.1) is 0 Å². The first-order valence-electron chi connectivity index (χ1n) is 7.24. The number of ether oxygens (including phenoxy) is 2. The molecule has 1 amide bonds. The molecule has 1 unspecified atom stereocenters. The van der Waals surface area contributed by atoms with Crippen LogP contribution in [-0.2, 0) is 20.4 Å². The van der Waals surface area contributed by atoms with Gasteiger partial charge in [-0.25, -0.2) is 0 Å². The lowest BCUT2D eigenvalue weighted by Crippen LogP contribution is -2.39. The van der Waals surface area contributed by atoms with Gasteiger partial charge in [0.1, 0.15) is 0 Å². The van der Waals surface area contributed by atoms with Gasteiger partial charge in [-0.1, -0.05) is 6.92 Å². The van der Waals surface area contributed by atoms with E-state index in [0.29, 0.717) is 0 Å². The third-order valence-electron chi connectivity index (χ3n) is 3.41. The molecule has 0 aromatic heterocycles. The van der Waals surface area contributed by atoms with Crippen molar-refractivity contribution in [1.29, 1.82) is 0 Å². The zero-order chi connectivity index (χ0) is 18.3. The molecule has 134 valence electrons. The van der Waals surface area contributed by atoms with Crippen LogP contribution in [0.2, 0.25) is 0 Å². The number of benzene rings is 1. The molecule has 0 N–H and O–H groups in total. The number of nitrogens with zero attached hydrogens (tertiary/aromatic N) is 1. The lowest BCUT2D eigenvalue weighted by Gasteiger charge is -2.25. The largest absolute Gasteiger partial charge is 0.469 e. The maximum absolute atomic E-state index is 12.6. The number of hydrogen-bond donors (Lipinski definition) is 0. The summed E-state index contributed by atoms with van der Waals surface area (Å²) in [6, 6.07) is 3.94. The third kappa shape index (κ3) is 5.52. The number of rotatable bonds is 7. The fourth-order valence-electron chi connectivity index (χ4n) is 2.07. The van der Waals surface area contributed by atoms with Crippen LogP contribution < -0.4 is 0 Å². The summed E-state index contributed by atoms with van der Waals surface area (Å²) < 4.78 is 47.3. The fourth-order valence-corrected chi connectivity index (χ4v) is 2.07. The number of amides is 1. The van der Waals surface area contributed by atoms with Crippen LogP contribution in [0.4, 0.5) is 13.2 Å². The zero-order valence-electron chi connectivity index (χ0n) is 13.7. The molecule has 1 aromatic carbocycles. The minimum Gasteiger partial charge on any atom is -0.469 e. The van der Waals surface area contributed by atoms with E-state index in [2.05, 4.69) is 4.74 Å². The smallest absolute Gasteiger partial charge is 0.416 e. The highest BCUT2D eigenvalue weighted by molar-refractivity contribution is 5.94. The van der Waals surface area contributed by atoms with Crippen LogP contribution in [0.3, 0.4) is 0 Å². The van der Waals surface area contributed by atoms with E-state index in [1.54, 1.807) is 6.92 Å². The summed E-state index contributed by atoms with van der Waals surface area (Å²) in [6.45, 7) is 2.12. The molecule has 1 rings (SSSR count). The van der Waals surface area contributed by atoms with E-state index in [1.807, 2.05) is 0 Å². The lowest BCUT2D eigenvalue weighted by molar-refractivity contribution is -0.145. The summed E-state index contributed by atoms with van der Waals surface area (Å²) in [6.07, 6.45) is -4.46. The predicted molar refractivity (Wildman–Crippen MR) is 80.4 cm³/mol. The Hall–Kier alpha value is -2.09. The molecular weight excluding hydrogens is 327 g/mol. The maximum atomic E-state index is 12.6. The van der Waals surface area contributed by atoms with E-state index >= 15 is 0 Å². The minimum atomic E-state index is -4.46. The first-order chi connectivity index (χ1) is 11.2. The van der Waals surface area contributed by atoms with Crippen molar-refractivity contribution < 1.29 is 32.2 Å². The van der Waals surface area contributed by atoms with Gasteiger partial charge in [0.15, 0.2) is 0 Å². The predicted octanol–water partition coefficient (Wildman–Crippen LogP) is 2.60. The Morgan fingerprint density at radius 2 is 1.75 bits per heavy atom. The summed E-state index contributed by atoms with van der Waals surface area (Å²) in [5, 5.41) is 0. The monoisotopic (exact) mass is 347 g/mol. The molecule has 0 spiro atoms. The van der Waals surface area contributed by atoms with Crippen molar-refractivity contribution in [3.8, 4) is 0 Å². The number of methoxy groups -OCH3 is 2. The topological polar surface area (TPSA) is 55.8 Å². The summed E-state index contributed by atoms with van der Waals surface area (Å²) in [5.41, 5.74) is -0.721. The van der Waals surface area contributed by atoms with Gasteiger partial charge < -0.3 is 14.4 Å². The number of carbonyl (C=O) groups is 2. The van der Waals surface area contributed by atoms with Crippen LogP contribution in [0.5, 0.6) is 0 Å². The molecule has 24 heavy (non-hydrogen) atoms. The minimum absolute atomic E-state index is 0.0793. The summed E-state index contributed by atoms with van der Waals surface area (Å²) in [5.74, 6) is -1.51. The Morgan fingerprint density at radius 3 is 2.21 bits per heavy atom. The van der Waals surface area contributed by atoms with E-state index < -0.39 is 29.5 Å². The standard InChI is InChI=1S/C16H20F3NO4/c1-11(15(22)24-3)10-20(8-9-23-2)14(21)12-4-6-13(7-5-12)16(17,18)19/h4-7,11H,8-10H2,1-3H3. The average Bonchev–Trinajstić information content (AvgIpc) is 2.56. The maximum Gasteiger partial charge on any atom is 0.416 e. The Labute approximate surface area is 138 Å². The average molecular weight is 347 g/mol. The zero-order valence-corrected chi connectivity index (χ0v) is 13.7. The van der Waals surface area contributed by atoms with Crippen molar-refractivity contribution in [2.24, 2.45) is 5.92 Å². The Balaban J connectivity index is 2.92. The van der Waals surface area contributed by atoms with Gasteiger partial charge in [0.2, 0.25) is 0 Å². The number of carbonyl (C=O) groups excluding carboxylic acids is 2. The molecular formula is C16H20F3NO4. The molecule has 0 aliphatic carbocycles. The number of esters is 1. The first kappa shape index (κ1) is 20.0. The molecule has 1 aromatic rings. The van der Waals surface area contributed by atoms with Crippen molar-refractivity contribution >= 4 is 11.9 Å². The molecule has 0 aliphatic heterocycles. The van der Waals surface area contributed by atoms with E-state index in [0.717, 1.165) is 24.3 Å². The van der Waals surface area contributed by atoms with Crippen molar-refractivity contribution in [2.45, 2.75) is 13.1 Å². The number of halogens is 3. The van der Waals surface area contributed by atoms with Crippen LogP contribution in [-0.4, -0.2) is 50.7 Å². The first-order valence-corrected chi connectivity index (χ1v) is 7.24. The van der Waals surface area contributed by atoms with Crippen molar-refractivity contribution in [1.82, 2.24) is 4.90 Å². The van der Waals surface area contributed by atoms with Crippen LogP contribution in [0.25, 0.3) is 0 Å². The second-order valence-electron chi connectivity index (χ2n) is 5.24. The molecule has 0 saturated carbocycles. The molecule has 8 heteroatoms. The molecule has 5 nitrogen and oxygen atoms in total. The summed E-state index contributed by atoms with van der Waals surface area (Å²) >= 11 is 0. The normalized spacial score (nSPS) is 12.6. The number of hydrogen-bond acceptors (Lipinski definition) is 4. The second-order valence-corrected chi connectivity index (χ2v) is 5.24. The molecule has 0 radical (unpaired) electrons. The lowest BCUT2D eigenvalue weighted by atomic mass is 10.1. The Morgan fingerprint density at radius 1 is 1.17 bits per heavy atom. The Kier molecular flexibility index (Phi) is 7.21. The van der Waals surface area contributed by atoms with E-state index in [1.165, 1.54) is 19.1 Å². The van der Waals surface area contributed by atoms with Crippen LogP contribution >= 0.6 is 0 Å². The molecule has 0 fully saturated rings. The van der Waals surface area contributed by atoms with Gasteiger partial charge >= 0.3 is 12.1 Å². The summed E-state index contributed by atoms with van der Waals surface area (Å²) in [4.78, 5) is 25.4. The van der Waals surface area contributed by atoms with Gasteiger partial charge in [-0.3, -0.25) is 9.59 Å². The van der Waals surface area contributed by atoms with Crippen LogP contribution in [0, 0.1) is 5.92 Å². The van der Waals surface area contributed by atoms with Crippen LogP contribution in [0.1, 0.15) is 22.8 Å². The summed E-state index contributed by atoms with van der Waals surface area (Å²) in [7, 11) is 2.71. The van der Waals surface area contributed by atoms with E-state index in [4.69, 9.17) is 4.74 Å². The van der Waals surface area contributed by atoms with E-state index in [-0.39, 0.29) is 25.3 Å². The van der Waals surface area contributed by atoms with Gasteiger partial charge in [-0.05, 0) is 24.3 Å². The van der Waals surface area contributed by atoms with Crippen molar-refractivity contribution in [3.63, 3.8) is 0 Å². The second kappa shape index (κ2) is 8.68. The fraction of sp³-hybridized carbons (Fsp3) is 0.500. The highest BCUT2D eigenvalue weighted by Crippen LogP contribution is 2.29. The van der Waals surface area contributed by atoms with Crippen LogP contribution in [0.15, 0.2) is 24.3 Å². The van der Waals surface area contributed by atoms with Crippen molar-refractivity contribution in [3.05, 3.63) is 35.4 Å². The van der Waals surface area contributed by atoms with Gasteiger partial charge in [0, 0.05) is 25.8 Å². The van der Waals surface area contributed by atoms with E-state index in [9.17, 15) is 22.8 Å². The molecule has 0 aliphatic rings. The van der Waals surface area contributed by atoms with Crippen molar-refractivity contribution in [2.75, 3.05) is 33.9 Å². The molecule has 0 saturated heterocycles. The Bertz CT molecular complexity index is 557. The van der Waals surface area contributed by atoms with Gasteiger partial charge in [0.05, 0.1) is 25.2 Å². The highest BCUT2D eigenvalue weighted by Gasteiger charge is 2.30. The highest BCUT2D eigenvalue weighted by atomic mass is 19.4. The number of alkyl halides is 3. The molecule has 0 heterocycles. The molecule has 0 bridgehead atoms. The molecule has 1 atom stereocenters. The third-order valence-corrected chi connectivity index (χ3v) is 3.41. The van der Waals surface area contributed by atoms with Gasteiger partial charge in [0.25, 0.3) is 5.91 Å².